The van der Waals surface area contributed by atoms with Crippen LogP contribution in [0.3, 0.4) is 0 Å². The van der Waals surface area contributed by atoms with Gasteiger partial charge in [-0.25, -0.2) is 0 Å². The second kappa shape index (κ2) is 10.6. The molecular formula is C39H36O6. The van der Waals surface area contributed by atoms with Crippen LogP contribution in [0.4, 0.5) is 0 Å². The molecule has 45 heavy (non-hydrogen) atoms. The molecule has 4 aromatic carbocycles. The standard InChI is InChI=1S/C39H36O6/c1-37(2,40)15-13-23-9-11-25-27-19-33(42-5)35(44-7)21-31(27)39(29(25)17-23)30-18-24(14-16-38(3,4)41)10-12-26(30)28-20-34(43-6)36(45-8)22-32(28)39/h9-12,17-22,40-41H,1-8H3. The molecule has 6 rings (SSSR count). The highest BCUT2D eigenvalue weighted by atomic mass is 16.5. The minimum absolute atomic E-state index is 0.610. The fourth-order valence-corrected chi connectivity index (χ4v) is 6.48. The Kier molecular flexibility index (Phi) is 7.13. The third-order valence-corrected chi connectivity index (χ3v) is 8.31. The predicted octanol–water partition coefficient (Wildman–Crippen LogP) is 6.31. The molecule has 0 aromatic heterocycles. The normalized spacial score (nSPS) is 13.4. The number of aliphatic hydroxyl groups is 2. The highest BCUT2D eigenvalue weighted by Crippen LogP contribution is 2.65. The summed E-state index contributed by atoms with van der Waals surface area (Å²) in [6.07, 6.45) is 0. The van der Waals surface area contributed by atoms with Gasteiger partial charge in [0.25, 0.3) is 0 Å². The zero-order valence-electron chi connectivity index (χ0n) is 26.8. The van der Waals surface area contributed by atoms with E-state index in [9.17, 15) is 10.2 Å². The molecule has 0 atom stereocenters. The molecule has 1 spiro atoms. The van der Waals surface area contributed by atoms with Crippen LogP contribution in [-0.4, -0.2) is 49.9 Å². The van der Waals surface area contributed by atoms with E-state index in [4.69, 9.17) is 18.9 Å². The van der Waals surface area contributed by atoms with E-state index in [0.29, 0.717) is 23.0 Å². The van der Waals surface area contributed by atoms with Crippen molar-refractivity contribution in [2.24, 2.45) is 0 Å². The van der Waals surface area contributed by atoms with Crippen molar-refractivity contribution in [3.05, 3.63) is 94.0 Å². The minimum atomic E-state index is -1.15. The summed E-state index contributed by atoms with van der Waals surface area (Å²) in [5.74, 6) is 14.8. The molecule has 6 nitrogen and oxygen atoms in total. The van der Waals surface area contributed by atoms with Crippen molar-refractivity contribution in [1.29, 1.82) is 0 Å². The van der Waals surface area contributed by atoms with E-state index < -0.39 is 16.6 Å². The number of benzene rings is 4. The van der Waals surface area contributed by atoms with Crippen molar-refractivity contribution in [2.45, 2.75) is 44.3 Å². The molecule has 6 heteroatoms. The molecule has 2 aliphatic rings. The Bertz CT molecular complexity index is 1840. The largest absolute Gasteiger partial charge is 0.493 e. The van der Waals surface area contributed by atoms with Gasteiger partial charge in [-0.05, 0) is 121 Å². The molecule has 0 unspecified atom stereocenters. The van der Waals surface area contributed by atoms with Gasteiger partial charge in [-0.2, -0.15) is 0 Å². The average molecular weight is 601 g/mol. The summed E-state index contributed by atoms with van der Waals surface area (Å²) in [6, 6.07) is 20.5. The number of fused-ring (bicyclic) bond motifs is 10. The van der Waals surface area contributed by atoms with E-state index in [2.05, 4.69) is 60.1 Å². The molecule has 0 saturated carbocycles. The molecule has 2 N–H and O–H groups in total. The van der Waals surface area contributed by atoms with E-state index in [1.165, 1.54) is 0 Å². The van der Waals surface area contributed by atoms with Crippen LogP contribution in [0.25, 0.3) is 22.3 Å². The first-order valence-electron chi connectivity index (χ1n) is 14.7. The van der Waals surface area contributed by atoms with Crippen LogP contribution in [0.1, 0.15) is 61.1 Å². The van der Waals surface area contributed by atoms with Crippen LogP contribution in [0, 0.1) is 23.7 Å². The molecular weight excluding hydrogens is 564 g/mol. The Balaban J connectivity index is 1.79. The molecule has 0 saturated heterocycles. The van der Waals surface area contributed by atoms with Crippen LogP contribution in [0.5, 0.6) is 23.0 Å². The molecule has 0 aliphatic heterocycles. The Hall–Kier alpha value is -4.88. The number of hydrogen-bond donors (Lipinski definition) is 2. The van der Waals surface area contributed by atoms with Crippen molar-refractivity contribution >= 4 is 0 Å². The van der Waals surface area contributed by atoms with E-state index in [1.807, 2.05) is 24.3 Å². The number of hydrogen-bond acceptors (Lipinski definition) is 6. The highest BCUT2D eigenvalue weighted by Gasteiger charge is 2.53. The molecule has 0 bridgehead atoms. The van der Waals surface area contributed by atoms with Gasteiger partial charge in [0.1, 0.15) is 11.2 Å². The topological polar surface area (TPSA) is 77.4 Å². The van der Waals surface area contributed by atoms with Gasteiger partial charge in [0, 0.05) is 11.1 Å². The van der Waals surface area contributed by atoms with Gasteiger partial charge >= 0.3 is 0 Å². The first kappa shape index (κ1) is 30.2. The van der Waals surface area contributed by atoms with Crippen molar-refractivity contribution in [3.63, 3.8) is 0 Å². The lowest BCUT2D eigenvalue weighted by Gasteiger charge is -2.31. The maximum absolute atomic E-state index is 10.4. The number of methoxy groups -OCH3 is 4. The van der Waals surface area contributed by atoms with E-state index in [0.717, 1.165) is 55.6 Å². The van der Waals surface area contributed by atoms with Crippen LogP contribution in [0.2, 0.25) is 0 Å². The summed E-state index contributed by atoms with van der Waals surface area (Å²) in [7, 11) is 6.54. The van der Waals surface area contributed by atoms with E-state index in [-0.39, 0.29) is 0 Å². The summed E-state index contributed by atoms with van der Waals surface area (Å²) in [5.41, 5.74) is 6.59. The van der Waals surface area contributed by atoms with Crippen LogP contribution < -0.4 is 18.9 Å². The summed E-state index contributed by atoms with van der Waals surface area (Å²) in [5, 5.41) is 20.8. The van der Waals surface area contributed by atoms with E-state index >= 15 is 0 Å². The Morgan fingerprint density at radius 3 is 1.16 bits per heavy atom. The second-order valence-corrected chi connectivity index (χ2v) is 12.4. The third-order valence-electron chi connectivity index (χ3n) is 8.31. The summed E-state index contributed by atoms with van der Waals surface area (Å²) >= 11 is 0. The smallest absolute Gasteiger partial charge is 0.161 e. The summed E-state index contributed by atoms with van der Waals surface area (Å²) in [4.78, 5) is 0. The predicted molar refractivity (Wildman–Crippen MR) is 175 cm³/mol. The molecule has 0 heterocycles. The van der Waals surface area contributed by atoms with E-state index in [1.54, 1.807) is 56.1 Å². The average Bonchev–Trinajstić information content (AvgIpc) is 3.45. The Labute approximate surface area is 264 Å². The summed E-state index contributed by atoms with van der Waals surface area (Å²) < 4.78 is 23.2. The second-order valence-electron chi connectivity index (χ2n) is 12.4. The Morgan fingerprint density at radius 2 is 0.822 bits per heavy atom. The van der Waals surface area contributed by atoms with Gasteiger partial charge in [-0.3, -0.25) is 0 Å². The molecule has 0 amide bonds. The first-order valence-corrected chi connectivity index (χ1v) is 14.7. The minimum Gasteiger partial charge on any atom is -0.493 e. The lowest BCUT2D eigenvalue weighted by molar-refractivity contribution is 0.143. The lowest BCUT2D eigenvalue weighted by Crippen LogP contribution is -2.26. The summed E-state index contributed by atoms with van der Waals surface area (Å²) in [6.45, 7) is 6.68. The van der Waals surface area contributed by atoms with Crippen LogP contribution in [-0.2, 0) is 5.41 Å². The van der Waals surface area contributed by atoms with Crippen LogP contribution in [0.15, 0.2) is 60.7 Å². The van der Waals surface area contributed by atoms with Gasteiger partial charge in [0.2, 0.25) is 0 Å². The molecule has 0 radical (unpaired) electrons. The molecule has 228 valence electrons. The lowest BCUT2D eigenvalue weighted by atomic mass is 9.70. The number of rotatable bonds is 4. The fourth-order valence-electron chi connectivity index (χ4n) is 6.48. The van der Waals surface area contributed by atoms with Gasteiger partial charge in [-0.1, -0.05) is 35.8 Å². The first-order chi connectivity index (χ1) is 21.3. The molecule has 2 aliphatic carbocycles. The zero-order chi connectivity index (χ0) is 32.3. The van der Waals surface area contributed by atoms with Crippen LogP contribution >= 0.6 is 0 Å². The van der Waals surface area contributed by atoms with Gasteiger partial charge in [-0.15, -0.1) is 0 Å². The van der Waals surface area contributed by atoms with Crippen molar-refractivity contribution in [1.82, 2.24) is 0 Å². The quantitative estimate of drug-likeness (QED) is 0.231. The van der Waals surface area contributed by atoms with Crippen molar-refractivity contribution in [2.75, 3.05) is 28.4 Å². The Morgan fingerprint density at radius 1 is 0.489 bits per heavy atom. The van der Waals surface area contributed by atoms with Crippen molar-refractivity contribution in [3.8, 4) is 68.9 Å². The van der Waals surface area contributed by atoms with Crippen molar-refractivity contribution < 1.29 is 29.2 Å². The maximum Gasteiger partial charge on any atom is 0.161 e. The molecule has 4 aromatic rings. The highest BCUT2D eigenvalue weighted by molar-refractivity contribution is 5.97. The monoisotopic (exact) mass is 600 g/mol. The maximum atomic E-state index is 10.4. The number of ether oxygens (including phenoxy) is 4. The van der Waals surface area contributed by atoms with Gasteiger partial charge in [0.15, 0.2) is 23.0 Å². The third kappa shape index (κ3) is 4.88. The SMILES string of the molecule is COc1cc2c(cc1OC)C1(c3cc(C#CC(C)(C)O)ccc3-2)c2cc(C#CC(C)(C)O)ccc2-c2cc(OC)c(OC)cc21. The fraction of sp³-hybridized carbons (Fsp3) is 0.282. The molecule has 0 fully saturated rings. The zero-order valence-corrected chi connectivity index (χ0v) is 26.8. The van der Waals surface area contributed by atoms with Gasteiger partial charge in [0.05, 0.1) is 33.9 Å². The van der Waals surface area contributed by atoms with Gasteiger partial charge < -0.3 is 29.2 Å².